The van der Waals surface area contributed by atoms with E-state index in [-0.39, 0.29) is 5.82 Å². The van der Waals surface area contributed by atoms with Crippen LogP contribution in [-0.2, 0) is 6.54 Å². The lowest BCUT2D eigenvalue weighted by Crippen LogP contribution is -2.18. The molecule has 1 aromatic carbocycles. The highest BCUT2D eigenvalue weighted by Crippen LogP contribution is 2.35. The number of rotatable bonds is 5. The maximum atomic E-state index is 13.6. The Morgan fingerprint density at radius 2 is 2.19 bits per heavy atom. The summed E-state index contributed by atoms with van der Waals surface area (Å²) in [7, 11) is 0. The highest BCUT2D eigenvalue weighted by molar-refractivity contribution is 9.10. The van der Waals surface area contributed by atoms with Crippen LogP contribution >= 0.6 is 15.9 Å². The summed E-state index contributed by atoms with van der Waals surface area (Å²) in [5.74, 6) is 0.330. The Morgan fingerprint density at radius 3 is 2.88 bits per heavy atom. The quantitative estimate of drug-likeness (QED) is 0.664. The predicted octanol–water partition coefficient (Wildman–Crippen LogP) is 4.47. The van der Waals surface area contributed by atoms with Crippen molar-refractivity contribution in [1.82, 2.24) is 19.3 Å². The van der Waals surface area contributed by atoms with Crippen molar-refractivity contribution in [3.8, 4) is 11.4 Å². The second-order valence-electron chi connectivity index (χ2n) is 6.78. The molecule has 0 bridgehead atoms. The molecule has 26 heavy (non-hydrogen) atoms. The fourth-order valence-corrected chi connectivity index (χ4v) is 3.93. The molecule has 0 saturated heterocycles. The molecule has 0 aliphatic heterocycles. The first kappa shape index (κ1) is 17.4. The van der Waals surface area contributed by atoms with Gasteiger partial charge in [0.05, 0.1) is 24.9 Å². The number of benzene rings is 1. The van der Waals surface area contributed by atoms with Gasteiger partial charge in [0.2, 0.25) is 0 Å². The van der Waals surface area contributed by atoms with Crippen molar-refractivity contribution >= 4 is 15.9 Å². The molecule has 0 amide bonds. The van der Waals surface area contributed by atoms with Gasteiger partial charge in [-0.15, -0.1) is 0 Å². The summed E-state index contributed by atoms with van der Waals surface area (Å²) in [5.41, 5.74) is 2.33. The number of hydrogen-bond donors (Lipinski definition) is 1. The van der Waals surface area contributed by atoms with E-state index in [2.05, 4.69) is 30.7 Å². The monoisotopic (exact) mass is 418 g/mol. The lowest BCUT2D eigenvalue weighted by atomic mass is 9.93. The van der Waals surface area contributed by atoms with E-state index >= 15 is 0 Å². The molecule has 4 rings (SSSR count). The Bertz CT molecular complexity index is 930. The number of imidazole rings is 1. The van der Waals surface area contributed by atoms with Gasteiger partial charge in [-0.1, -0.05) is 0 Å². The van der Waals surface area contributed by atoms with Gasteiger partial charge in [-0.05, 0) is 65.9 Å². The van der Waals surface area contributed by atoms with Crippen molar-refractivity contribution in [3.05, 3.63) is 58.3 Å². The summed E-state index contributed by atoms with van der Waals surface area (Å²) in [5, 5.41) is 14.6. The third-order valence-electron chi connectivity index (χ3n) is 4.99. The minimum Gasteiger partial charge on any atom is -0.389 e. The molecule has 1 N–H and O–H groups in total. The van der Waals surface area contributed by atoms with Gasteiger partial charge >= 0.3 is 0 Å². The Kier molecular flexibility index (Phi) is 4.67. The molecule has 1 atom stereocenters. The van der Waals surface area contributed by atoms with Crippen LogP contribution in [-0.4, -0.2) is 24.4 Å². The van der Waals surface area contributed by atoms with Crippen molar-refractivity contribution in [1.29, 1.82) is 0 Å². The summed E-state index contributed by atoms with van der Waals surface area (Å²) in [6.45, 7) is 2.23. The van der Waals surface area contributed by atoms with Gasteiger partial charge in [-0.3, -0.25) is 4.68 Å². The number of hydrogen-bond acceptors (Lipinski definition) is 3. The molecule has 2 aromatic heterocycles. The molecule has 2 heterocycles. The number of aliphatic hydroxyl groups is 1. The fourth-order valence-electron chi connectivity index (χ4n) is 3.32. The molecule has 1 fully saturated rings. The van der Waals surface area contributed by atoms with E-state index in [0.717, 1.165) is 15.7 Å². The molecule has 0 spiro atoms. The van der Waals surface area contributed by atoms with Crippen LogP contribution in [0.4, 0.5) is 4.39 Å². The van der Waals surface area contributed by atoms with E-state index in [0.29, 0.717) is 24.0 Å². The van der Waals surface area contributed by atoms with E-state index < -0.39 is 6.10 Å². The summed E-state index contributed by atoms with van der Waals surface area (Å²) >= 11 is 3.68. The third-order valence-corrected chi connectivity index (χ3v) is 5.86. The highest BCUT2D eigenvalue weighted by Gasteiger charge is 2.24. The first-order chi connectivity index (χ1) is 12.5. The van der Waals surface area contributed by atoms with Crippen molar-refractivity contribution in [2.75, 3.05) is 0 Å². The SMILES string of the molecule is CC(O)c1cc(F)ccc1-c1nccn1Cc1cnn(C2CCC2)c1Br. The Morgan fingerprint density at radius 1 is 1.38 bits per heavy atom. The van der Waals surface area contributed by atoms with Crippen molar-refractivity contribution in [2.24, 2.45) is 0 Å². The molecule has 1 aliphatic carbocycles. The lowest BCUT2D eigenvalue weighted by Gasteiger charge is -2.26. The predicted molar refractivity (Wildman–Crippen MR) is 100 cm³/mol. The Balaban J connectivity index is 1.67. The number of halogens is 2. The Hall–Kier alpha value is -1.99. The van der Waals surface area contributed by atoms with E-state index in [1.54, 1.807) is 19.2 Å². The fraction of sp³-hybridized carbons (Fsp3) is 0.368. The van der Waals surface area contributed by atoms with E-state index in [1.807, 2.05) is 17.0 Å². The first-order valence-electron chi connectivity index (χ1n) is 8.75. The zero-order valence-corrected chi connectivity index (χ0v) is 16.0. The largest absolute Gasteiger partial charge is 0.389 e. The van der Waals surface area contributed by atoms with Crippen LogP contribution in [0, 0.1) is 5.82 Å². The Labute approximate surface area is 159 Å². The van der Waals surface area contributed by atoms with Gasteiger partial charge in [0.1, 0.15) is 16.2 Å². The normalized spacial score (nSPS) is 15.8. The number of aromatic nitrogens is 4. The highest BCUT2D eigenvalue weighted by atomic mass is 79.9. The smallest absolute Gasteiger partial charge is 0.140 e. The summed E-state index contributed by atoms with van der Waals surface area (Å²) in [6.07, 6.45) is 8.30. The van der Waals surface area contributed by atoms with Crippen LogP contribution in [0.2, 0.25) is 0 Å². The molecule has 1 aliphatic rings. The topological polar surface area (TPSA) is 55.9 Å². The summed E-state index contributed by atoms with van der Waals surface area (Å²) in [6, 6.07) is 4.91. The number of nitrogens with zero attached hydrogens (tertiary/aromatic N) is 4. The molecule has 3 aromatic rings. The number of aliphatic hydroxyl groups excluding tert-OH is 1. The minimum atomic E-state index is -0.779. The molecule has 0 radical (unpaired) electrons. The average Bonchev–Trinajstić information content (AvgIpc) is 3.15. The van der Waals surface area contributed by atoms with Gasteiger partial charge in [0.25, 0.3) is 0 Å². The molecule has 136 valence electrons. The van der Waals surface area contributed by atoms with Gasteiger partial charge in [-0.25, -0.2) is 9.37 Å². The molecule has 5 nitrogen and oxygen atoms in total. The van der Waals surface area contributed by atoms with Gasteiger partial charge in [0, 0.05) is 23.5 Å². The molecule has 1 saturated carbocycles. The molecular weight excluding hydrogens is 399 g/mol. The van der Waals surface area contributed by atoms with Crippen molar-refractivity contribution < 1.29 is 9.50 Å². The standard InChI is InChI=1S/C19H20BrFN4O/c1-12(26)17-9-14(21)5-6-16(17)19-22-7-8-24(19)11-13-10-23-25(18(13)20)15-3-2-4-15/h5-10,12,15,26H,2-4,11H2,1H3. The third kappa shape index (κ3) is 3.10. The van der Waals surface area contributed by atoms with Crippen LogP contribution in [0.3, 0.4) is 0 Å². The van der Waals surface area contributed by atoms with Crippen LogP contribution in [0.25, 0.3) is 11.4 Å². The maximum Gasteiger partial charge on any atom is 0.140 e. The lowest BCUT2D eigenvalue weighted by molar-refractivity contribution is 0.199. The second-order valence-corrected chi connectivity index (χ2v) is 7.53. The van der Waals surface area contributed by atoms with E-state index in [1.165, 1.54) is 31.4 Å². The molecular formula is C19H20BrFN4O. The zero-order chi connectivity index (χ0) is 18.3. The van der Waals surface area contributed by atoms with E-state index in [9.17, 15) is 9.50 Å². The first-order valence-corrected chi connectivity index (χ1v) is 9.55. The average molecular weight is 419 g/mol. The van der Waals surface area contributed by atoms with Gasteiger partial charge < -0.3 is 9.67 Å². The summed E-state index contributed by atoms with van der Waals surface area (Å²) < 4.78 is 18.7. The van der Waals surface area contributed by atoms with Crippen molar-refractivity contribution in [2.45, 2.75) is 44.9 Å². The zero-order valence-electron chi connectivity index (χ0n) is 14.4. The minimum absolute atomic E-state index is 0.368. The van der Waals surface area contributed by atoms with Gasteiger partial charge in [-0.2, -0.15) is 5.10 Å². The van der Waals surface area contributed by atoms with Crippen LogP contribution in [0.15, 0.2) is 41.4 Å². The molecule has 7 heteroatoms. The van der Waals surface area contributed by atoms with Crippen LogP contribution < -0.4 is 0 Å². The van der Waals surface area contributed by atoms with Crippen LogP contribution in [0.5, 0.6) is 0 Å². The van der Waals surface area contributed by atoms with Crippen LogP contribution in [0.1, 0.15) is 49.5 Å². The summed E-state index contributed by atoms with van der Waals surface area (Å²) in [4.78, 5) is 4.44. The maximum absolute atomic E-state index is 13.6. The molecule has 1 unspecified atom stereocenters. The van der Waals surface area contributed by atoms with Crippen molar-refractivity contribution in [3.63, 3.8) is 0 Å². The second kappa shape index (κ2) is 6.96. The van der Waals surface area contributed by atoms with E-state index in [4.69, 9.17) is 0 Å². The van der Waals surface area contributed by atoms with Gasteiger partial charge in [0.15, 0.2) is 0 Å².